The van der Waals surface area contributed by atoms with Crippen LogP contribution in [0.4, 0.5) is 0 Å². The van der Waals surface area contributed by atoms with Gasteiger partial charge in [-0.1, -0.05) is 295 Å². The summed E-state index contributed by atoms with van der Waals surface area (Å²) in [6.07, 6.45) is 0. The lowest BCUT2D eigenvalue weighted by Crippen LogP contribution is -2.15. The summed E-state index contributed by atoms with van der Waals surface area (Å²) in [5.74, 6) is 2.70. The third-order valence-corrected chi connectivity index (χ3v) is 20.6. The minimum absolute atomic E-state index is 0.0133. The van der Waals surface area contributed by atoms with E-state index >= 15 is 0 Å². The van der Waals surface area contributed by atoms with Gasteiger partial charge in [-0.3, -0.25) is 0 Å². The second-order valence-electron chi connectivity index (χ2n) is 25.9. The van der Waals surface area contributed by atoms with Gasteiger partial charge in [-0.25, -0.2) is 24.9 Å². The summed E-state index contributed by atoms with van der Waals surface area (Å²) in [6.45, 7) is 9.41. The fourth-order valence-electron chi connectivity index (χ4n) is 14.5. The minimum Gasteiger partial charge on any atom is -0.228 e. The highest BCUT2D eigenvalue weighted by Gasteiger charge is 2.38. The standard InChI is InChI=1S/C48H33N3S.C41H30N2/c1-48(2)39-25-11-9-23-36(39)42-40(48)29-38(44-43(42)37-24-10-12-26-41(37)52-44)34-21-13-19-32(27-34)33-20-14-22-35(28-33)47-50-45(30-15-5-3-6-16-30)49-46(51-47)31-17-7-4-8-18-31;1-41(2)36-17-8-6-15-33(36)34-24-23-32(26-37(34)41)31-14-10-13-30(25-31)27-19-21-29(22-20-27)40-42-38-18-9-7-16-35(38)39(43-40)28-11-4-3-5-12-28/h3-29H,1-2H3;3-26H,1-2H3. The van der Waals surface area contributed by atoms with Gasteiger partial charge in [0.2, 0.25) is 0 Å². The molecule has 0 unspecified atom stereocenters. The number of hydrogen-bond donors (Lipinski definition) is 0. The van der Waals surface area contributed by atoms with Crippen molar-refractivity contribution in [3.63, 3.8) is 0 Å². The van der Waals surface area contributed by atoms with Crippen molar-refractivity contribution in [2.24, 2.45) is 0 Å². The van der Waals surface area contributed by atoms with E-state index in [4.69, 9.17) is 24.9 Å². The van der Waals surface area contributed by atoms with E-state index in [1.165, 1.54) is 98.1 Å². The van der Waals surface area contributed by atoms with Crippen molar-refractivity contribution in [3.05, 3.63) is 332 Å². The number of hydrogen-bond acceptors (Lipinski definition) is 6. The zero-order chi connectivity index (χ0) is 63.8. The van der Waals surface area contributed by atoms with E-state index in [0.717, 1.165) is 61.4 Å². The average Bonchev–Trinajstić information content (AvgIpc) is 1.54. The van der Waals surface area contributed by atoms with E-state index in [-0.39, 0.29) is 10.8 Å². The van der Waals surface area contributed by atoms with Crippen LogP contribution in [-0.2, 0) is 10.8 Å². The van der Waals surface area contributed by atoms with E-state index in [0.29, 0.717) is 17.5 Å². The van der Waals surface area contributed by atoms with Crippen molar-refractivity contribution in [2.45, 2.75) is 38.5 Å². The molecule has 0 spiro atoms. The van der Waals surface area contributed by atoms with Crippen LogP contribution >= 0.6 is 11.3 Å². The first-order valence-corrected chi connectivity index (χ1v) is 33.4. The summed E-state index contributed by atoms with van der Waals surface area (Å²) < 4.78 is 2.66. The number of thiophene rings is 1. The number of fused-ring (bicyclic) bond motifs is 11. The molecule has 0 bridgehead atoms. The van der Waals surface area contributed by atoms with Gasteiger partial charge in [0.25, 0.3) is 0 Å². The molecule has 95 heavy (non-hydrogen) atoms. The monoisotopic (exact) mass is 1230 g/mol. The maximum absolute atomic E-state index is 5.04. The molecule has 16 aromatic rings. The predicted molar refractivity (Wildman–Crippen MR) is 396 cm³/mol. The molecule has 3 heterocycles. The van der Waals surface area contributed by atoms with Gasteiger partial charge < -0.3 is 0 Å². The molecule has 0 saturated carbocycles. The Morgan fingerprint density at radius 2 is 0.674 bits per heavy atom. The van der Waals surface area contributed by atoms with Crippen LogP contribution in [0.1, 0.15) is 49.9 Å². The minimum atomic E-state index is -0.106. The zero-order valence-electron chi connectivity index (χ0n) is 53.1. The number of rotatable bonds is 9. The first kappa shape index (κ1) is 57.3. The highest BCUT2D eigenvalue weighted by Crippen LogP contribution is 2.56. The van der Waals surface area contributed by atoms with Crippen molar-refractivity contribution in [1.29, 1.82) is 0 Å². The predicted octanol–water partition coefficient (Wildman–Crippen LogP) is 23.5. The molecule has 3 aromatic heterocycles. The zero-order valence-corrected chi connectivity index (χ0v) is 53.9. The molecule has 6 heteroatoms. The van der Waals surface area contributed by atoms with E-state index in [1.54, 1.807) is 0 Å². The second-order valence-corrected chi connectivity index (χ2v) is 26.9. The molecule has 0 aliphatic heterocycles. The average molecular weight is 1230 g/mol. The van der Waals surface area contributed by atoms with Crippen molar-refractivity contribution in [3.8, 4) is 124 Å². The Kier molecular flexibility index (Phi) is 14.0. The van der Waals surface area contributed by atoms with Crippen LogP contribution < -0.4 is 0 Å². The summed E-state index contributed by atoms with van der Waals surface area (Å²) in [7, 11) is 0. The van der Waals surface area contributed by atoms with Crippen LogP contribution in [0.2, 0.25) is 0 Å². The van der Waals surface area contributed by atoms with Crippen LogP contribution in [0, 0.1) is 0 Å². The Labute approximate surface area is 557 Å². The number of nitrogens with zero attached hydrogens (tertiary/aromatic N) is 5. The van der Waals surface area contributed by atoms with Crippen LogP contribution in [0.15, 0.2) is 309 Å². The number of para-hydroxylation sites is 1. The molecular weight excluding hydrogens is 1170 g/mol. The second kappa shape index (κ2) is 23.2. The van der Waals surface area contributed by atoms with Gasteiger partial charge in [-0.2, -0.15) is 0 Å². The first-order valence-electron chi connectivity index (χ1n) is 32.5. The summed E-state index contributed by atoms with van der Waals surface area (Å²) in [4.78, 5) is 24.9. The molecule has 450 valence electrons. The molecule has 2 aliphatic carbocycles. The fourth-order valence-corrected chi connectivity index (χ4v) is 15.8. The molecule has 0 radical (unpaired) electrons. The lowest BCUT2D eigenvalue weighted by molar-refractivity contribution is 0.660. The molecule has 0 saturated heterocycles. The highest BCUT2D eigenvalue weighted by molar-refractivity contribution is 7.26. The number of aromatic nitrogens is 5. The van der Waals surface area contributed by atoms with Crippen LogP contribution in [0.5, 0.6) is 0 Å². The fraction of sp³-hybridized carbons (Fsp3) is 0.0674. The maximum Gasteiger partial charge on any atom is 0.164 e. The molecule has 18 rings (SSSR count). The van der Waals surface area contributed by atoms with Crippen LogP contribution in [0.25, 0.3) is 155 Å². The molecule has 0 atom stereocenters. The third-order valence-electron chi connectivity index (χ3n) is 19.4. The van der Waals surface area contributed by atoms with E-state index in [9.17, 15) is 0 Å². The molecule has 0 fully saturated rings. The summed E-state index contributed by atoms with van der Waals surface area (Å²) >= 11 is 1.90. The summed E-state index contributed by atoms with van der Waals surface area (Å²) in [5, 5.41) is 3.76. The van der Waals surface area contributed by atoms with Crippen LogP contribution in [-0.4, -0.2) is 24.9 Å². The van der Waals surface area contributed by atoms with Crippen molar-refractivity contribution in [1.82, 2.24) is 24.9 Å². The van der Waals surface area contributed by atoms with Crippen molar-refractivity contribution >= 4 is 42.4 Å². The molecule has 0 N–H and O–H groups in total. The lowest BCUT2D eigenvalue weighted by Gasteiger charge is -2.22. The Morgan fingerprint density at radius 1 is 0.253 bits per heavy atom. The van der Waals surface area contributed by atoms with Gasteiger partial charge in [0.15, 0.2) is 23.3 Å². The van der Waals surface area contributed by atoms with E-state index in [2.05, 4.69) is 258 Å². The Hall–Kier alpha value is -11.6. The largest absolute Gasteiger partial charge is 0.228 e. The first-order chi connectivity index (χ1) is 46.6. The van der Waals surface area contributed by atoms with Gasteiger partial charge in [0, 0.05) is 64.2 Å². The number of benzene rings is 13. The Bertz CT molecular complexity index is 5600. The van der Waals surface area contributed by atoms with Crippen LogP contribution in [0.3, 0.4) is 0 Å². The smallest absolute Gasteiger partial charge is 0.164 e. The molecule has 0 amide bonds. The van der Waals surface area contributed by atoms with Gasteiger partial charge in [0.1, 0.15) is 0 Å². The van der Waals surface area contributed by atoms with Gasteiger partial charge in [0.05, 0.1) is 11.2 Å². The summed E-state index contributed by atoms with van der Waals surface area (Å²) in [5.41, 5.74) is 27.4. The third kappa shape index (κ3) is 10.1. The van der Waals surface area contributed by atoms with Crippen molar-refractivity contribution < 1.29 is 0 Å². The summed E-state index contributed by atoms with van der Waals surface area (Å²) in [6, 6.07) is 110. The SMILES string of the molecule is CC1(C)c2ccccc2-c2c1cc(-c1cccc(-c3cccc(-c4nc(-c5ccccc5)nc(-c5ccccc5)n4)c3)c1)c1sc3ccccc3c21.CC1(C)c2ccccc2-c2ccc(-c3cccc(-c4ccc(-c5nc(-c6ccccc6)c6ccccc6n5)cc4)c3)cc21. The Morgan fingerprint density at radius 3 is 1.34 bits per heavy atom. The maximum atomic E-state index is 5.04. The Balaban J connectivity index is 0.000000147. The van der Waals surface area contributed by atoms with E-state index < -0.39 is 0 Å². The molecule has 2 aliphatic rings. The van der Waals surface area contributed by atoms with Gasteiger partial charge in [-0.05, 0) is 131 Å². The lowest BCUT2D eigenvalue weighted by atomic mass is 9.81. The van der Waals surface area contributed by atoms with Gasteiger partial charge in [-0.15, -0.1) is 11.3 Å². The molecular formula is C89H63N5S. The molecule has 5 nitrogen and oxygen atoms in total. The molecule has 13 aromatic carbocycles. The normalized spacial score (nSPS) is 13.0. The van der Waals surface area contributed by atoms with E-state index in [1.807, 2.05) is 90.2 Å². The topological polar surface area (TPSA) is 64.5 Å². The highest BCUT2D eigenvalue weighted by atomic mass is 32.1. The van der Waals surface area contributed by atoms with Gasteiger partial charge >= 0.3 is 0 Å². The quantitative estimate of drug-likeness (QED) is 0.144. The van der Waals surface area contributed by atoms with Crippen molar-refractivity contribution in [2.75, 3.05) is 0 Å².